The summed E-state index contributed by atoms with van der Waals surface area (Å²) in [7, 11) is 0. The zero-order valence-corrected chi connectivity index (χ0v) is 15.2. The maximum Gasteiger partial charge on any atom is 0.326 e. The van der Waals surface area contributed by atoms with Gasteiger partial charge in [0.05, 0.1) is 0 Å². The van der Waals surface area contributed by atoms with Crippen LogP contribution >= 0.6 is 0 Å². The molecule has 1 heterocycles. The average molecular weight is 373 g/mol. The normalized spacial score (nSPS) is 22.6. The molecular formula is C19H23N3O5. The van der Waals surface area contributed by atoms with E-state index >= 15 is 0 Å². The Morgan fingerprint density at radius 1 is 1.22 bits per heavy atom. The van der Waals surface area contributed by atoms with Gasteiger partial charge >= 0.3 is 12.0 Å². The van der Waals surface area contributed by atoms with Crippen molar-refractivity contribution >= 4 is 23.8 Å². The molecule has 2 N–H and O–H groups in total. The number of ether oxygens (including phenoxy) is 1. The highest BCUT2D eigenvalue weighted by atomic mass is 16.5. The predicted molar refractivity (Wildman–Crippen MR) is 95.4 cm³/mol. The number of amides is 4. The molecule has 0 spiro atoms. The first-order chi connectivity index (χ1) is 12.9. The van der Waals surface area contributed by atoms with Crippen molar-refractivity contribution in [2.24, 2.45) is 0 Å². The lowest BCUT2D eigenvalue weighted by molar-refractivity contribution is -0.151. The van der Waals surface area contributed by atoms with Crippen LogP contribution in [0, 0.1) is 0 Å². The van der Waals surface area contributed by atoms with Crippen LogP contribution in [0.25, 0.3) is 0 Å². The van der Waals surface area contributed by atoms with Crippen molar-refractivity contribution in [1.82, 2.24) is 15.5 Å². The van der Waals surface area contributed by atoms with Crippen LogP contribution in [-0.2, 0) is 24.7 Å². The van der Waals surface area contributed by atoms with Crippen LogP contribution < -0.4 is 10.6 Å². The highest BCUT2D eigenvalue weighted by Gasteiger charge is 2.49. The Morgan fingerprint density at radius 3 is 2.56 bits per heavy atom. The number of hydrogen-bond acceptors (Lipinski definition) is 5. The second-order valence-electron chi connectivity index (χ2n) is 7.02. The van der Waals surface area contributed by atoms with E-state index in [4.69, 9.17) is 4.74 Å². The summed E-state index contributed by atoms with van der Waals surface area (Å²) in [5, 5.41) is 5.42. The van der Waals surface area contributed by atoms with Gasteiger partial charge in [0, 0.05) is 6.04 Å². The van der Waals surface area contributed by atoms with Crippen LogP contribution in [0.2, 0.25) is 0 Å². The molecule has 1 aromatic rings. The molecular weight excluding hydrogens is 350 g/mol. The summed E-state index contributed by atoms with van der Waals surface area (Å²) in [6.45, 7) is 0.627. The molecule has 8 heteroatoms. The number of urea groups is 1. The molecule has 2 aliphatic rings. The largest absolute Gasteiger partial charge is 0.454 e. The predicted octanol–water partition coefficient (Wildman–Crippen LogP) is 1.06. The van der Waals surface area contributed by atoms with E-state index in [1.165, 1.54) is 0 Å². The number of benzene rings is 1. The van der Waals surface area contributed by atoms with Crippen molar-refractivity contribution in [2.45, 2.75) is 44.2 Å². The summed E-state index contributed by atoms with van der Waals surface area (Å²) in [5.41, 5.74) is -0.617. The van der Waals surface area contributed by atoms with E-state index in [1.54, 1.807) is 37.3 Å². The zero-order valence-electron chi connectivity index (χ0n) is 15.2. The monoisotopic (exact) mass is 373 g/mol. The van der Waals surface area contributed by atoms with E-state index < -0.39 is 36.6 Å². The lowest BCUT2D eigenvalue weighted by Crippen LogP contribution is -2.42. The van der Waals surface area contributed by atoms with E-state index in [0.29, 0.717) is 5.56 Å². The van der Waals surface area contributed by atoms with E-state index in [-0.39, 0.29) is 11.9 Å². The highest BCUT2D eigenvalue weighted by Crippen LogP contribution is 2.28. The number of nitrogens with zero attached hydrogens (tertiary/aromatic N) is 1. The van der Waals surface area contributed by atoms with Crippen molar-refractivity contribution < 1.29 is 23.9 Å². The van der Waals surface area contributed by atoms with Crippen molar-refractivity contribution in [3.63, 3.8) is 0 Å². The van der Waals surface area contributed by atoms with E-state index in [9.17, 15) is 19.2 Å². The zero-order chi connectivity index (χ0) is 19.4. The Labute approximate surface area is 157 Å². The quantitative estimate of drug-likeness (QED) is 0.573. The molecule has 144 valence electrons. The molecule has 0 aromatic heterocycles. The Kier molecular flexibility index (Phi) is 5.43. The minimum atomic E-state index is -1.24. The molecule has 1 aromatic carbocycles. The molecule has 27 heavy (non-hydrogen) atoms. The van der Waals surface area contributed by atoms with Crippen molar-refractivity contribution in [1.29, 1.82) is 0 Å². The standard InChI is InChI=1S/C19H23N3O5/c1-19(13-7-3-2-4-8-13)17(25)22(18(26)21-19)11-16(24)27-12-15(23)20-14-9-5-6-10-14/h2-4,7-8,14H,5-6,9-12H2,1H3,(H,20,23)(H,21,26)/t19-/m0/s1. The van der Waals surface area contributed by atoms with Gasteiger partial charge in [-0.3, -0.25) is 19.3 Å². The van der Waals surface area contributed by atoms with E-state index in [0.717, 1.165) is 30.6 Å². The van der Waals surface area contributed by atoms with Crippen LogP contribution in [0.1, 0.15) is 38.2 Å². The lowest BCUT2D eigenvalue weighted by Gasteiger charge is -2.21. The van der Waals surface area contributed by atoms with Gasteiger partial charge < -0.3 is 15.4 Å². The Hall–Kier alpha value is -2.90. The van der Waals surface area contributed by atoms with Crippen LogP contribution in [0.15, 0.2) is 30.3 Å². The molecule has 2 fully saturated rings. The third-order valence-corrected chi connectivity index (χ3v) is 5.00. The van der Waals surface area contributed by atoms with Gasteiger partial charge in [-0.05, 0) is 25.3 Å². The second kappa shape index (κ2) is 7.77. The SMILES string of the molecule is C[C@@]1(c2ccccc2)NC(=O)N(CC(=O)OCC(=O)NC2CCCC2)C1=O. The summed E-state index contributed by atoms with van der Waals surface area (Å²) < 4.78 is 4.92. The first-order valence-electron chi connectivity index (χ1n) is 9.05. The van der Waals surface area contributed by atoms with Gasteiger partial charge in [-0.1, -0.05) is 43.2 Å². The van der Waals surface area contributed by atoms with Crippen molar-refractivity contribution in [2.75, 3.05) is 13.2 Å². The summed E-state index contributed by atoms with van der Waals surface area (Å²) in [4.78, 5) is 49.5. The first kappa shape index (κ1) is 18.9. The van der Waals surface area contributed by atoms with Crippen LogP contribution in [0.5, 0.6) is 0 Å². The van der Waals surface area contributed by atoms with E-state index in [1.807, 2.05) is 0 Å². The van der Waals surface area contributed by atoms with Crippen LogP contribution in [-0.4, -0.2) is 47.9 Å². The van der Waals surface area contributed by atoms with Crippen molar-refractivity contribution in [3.8, 4) is 0 Å². The van der Waals surface area contributed by atoms with Crippen molar-refractivity contribution in [3.05, 3.63) is 35.9 Å². The molecule has 0 radical (unpaired) electrons. The Bertz CT molecular complexity index is 745. The minimum Gasteiger partial charge on any atom is -0.454 e. The summed E-state index contributed by atoms with van der Waals surface area (Å²) in [5.74, 6) is -1.72. The molecule has 4 amide bonds. The molecule has 0 bridgehead atoms. The number of esters is 1. The minimum absolute atomic E-state index is 0.133. The number of carbonyl (C=O) groups is 4. The molecule has 1 aliphatic carbocycles. The highest BCUT2D eigenvalue weighted by molar-refractivity contribution is 6.08. The maximum absolute atomic E-state index is 12.7. The Balaban J connectivity index is 1.54. The smallest absolute Gasteiger partial charge is 0.326 e. The molecule has 3 rings (SSSR count). The first-order valence-corrected chi connectivity index (χ1v) is 9.05. The number of rotatable bonds is 6. The molecule has 1 atom stereocenters. The summed E-state index contributed by atoms with van der Waals surface area (Å²) in [6, 6.07) is 8.26. The number of carbonyl (C=O) groups excluding carboxylic acids is 4. The maximum atomic E-state index is 12.7. The van der Waals surface area contributed by atoms with E-state index in [2.05, 4.69) is 10.6 Å². The number of imide groups is 1. The molecule has 1 aliphatic heterocycles. The van der Waals surface area contributed by atoms with Gasteiger partial charge in [-0.25, -0.2) is 4.79 Å². The van der Waals surface area contributed by atoms with Crippen LogP contribution in [0.4, 0.5) is 4.79 Å². The summed E-state index contributed by atoms with van der Waals surface area (Å²) >= 11 is 0. The van der Waals surface area contributed by atoms with Gasteiger partial charge in [-0.15, -0.1) is 0 Å². The van der Waals surface area contributed by atoms with Gasteiger partial charge in [0.2, 0.25) is 0 Å². The second-order valence-corrected chi connectivity index (χ2v) is 7.02. The molecule has 0 unspecified atom stereocenters. The lowest BCUT2D eigenvalue weighted by atomic mass is 9.92. The van der Waals surface area contributed by atoms with Gasteiger partial charge in [0.15, 0.2) is 6.61 Å². The van der Waals surface area contributed by atoms with Crippen LogP contribution in [0.3, 0.4) is 0 Å². The third-order valence-electron chi connectivity index (χ3n) is 5.00. The molecule has 1 saturated carbocycles. The van der Waals surface area contributed by atoms with Gasteiger partial charge in [0.1, 0.15) is 12.1 Å². The Morgan fingerprint density at radius 2 is 1.89 bits per heavy atom. The third kappa shape index (κ3) is 4.10. The van der Waals surface area contributed by atoms with Gasteiger partial charge in [0.25, 0.3) is 11.8 Å². The fourth-order valence-corrected chi connectivity index (χ4v) is 3.47. The average Bonchev–Trinajstić information content (AvgIpc) is 3.24. The summed E-state index contributed by atoms with van der Waals surface area (Å²) in [6.07, 6.45) is 4.02. The number of nitrogens with one attached hydrogen (secondary N) is 2. The molecule has 8 nitrogen and oxygen atoms in total. The fraction of sp³-hybridized carbons (Fsp3) is 0.474. The fourth-order valence-electron chi connectivity index (χ4n) is 3.47. The van der Waals surface area contributed by atoms with Gasteiger partial charge in [-0.2, -0.15) is 0 Å². The topological polar surface area (TPSA) is 105 Å². The number of hydrogen-bond donors (Lipinski definition) is 2. The molecule has 1 saturated heterocycles.